The van der Waals surface area contributed by atoms with E-state index in [2.05, 4.69) is 30.4 Å². The zero-order valence-corrected chi connectivity index (χ0v) is 7.72. The predicted octanol–water partition coefficient (Wildman–Crippen LogP) is 1.32. The van der Waals surface area contributed by atoms with Crippen molar-refractivity contribution in [2.75, 3.05) is 20.1 Å². The monoisotopic (exact) mass is 154 g/mol. The largest absolute Gasteiger partial charge is 0.319 e. The topological polar surface area (TPSA) is 24.4 Å². The second-order valence-electron chi connectivity index (χ2n) is 3.96. The fraction of sp³-hybridized carbons (Fsp3) is 0.889. The Hall–Kier alpha value is -0.370. The second kappa shape index (κ2) is 3.35. The average Bonchev–Trinajstić information content (AvgIpc) is 1.82. The maximum atomic E-state index is 4.18. The van der Waals surface area contributed by atoms with Crippen LogP contribution in [-0.4, -0.2) is 26.4 Å². The highest BCUT2D eigenvalue weighted by atomic mass is 14.9. The molecule has 0 fully saturated rings. The lowest BCUT2D eigenvalue weighted by molar-refractivity contribution is 0.313. The van der Waals surface area contributed by atoms with Gasteiger partial charge in [0.1, 0.15) is 0 Å². The molecule has 2 heteroatoms. The molecule has 0 aromatic carbocycles. The highest BCUT2D eigenvalue weighted by molar-refractivity contribution is 5.72. The second-order valence-corrected chi connectivity index (χ2v) is 3.96. The minimum atomic E-state index is 0.392. The molecule has 0 spiro atoms. The third-order valence-corrected chi connectivity index (χ3v) is 2.11. The smallest absolute Gasteiger partial charge is 0.0503 e. The molecule has 1 aliphatic heterocycles. The number of nitrogens with zero attached hydrogens (tertiary/aromatic N) is 1. The number of nitrogens with one attached hydrogen (secondary N) is 1. The van der Waals surface area contributed by atoms with Crippen LogP contribution in [0.15, 0.2) is 4.99 Å². The Morgan fingerprint density at radius 3 is 2.55 bits per heavy atom. The first-order valence-electron chi connectivity index (χ1n) is 4.34. The summed E-state index contributed by atoms with van der Waals surface area (Å²) in [5.41, 5.74) is 0.392. The van der Waals surface area contributed by atoms with Crippen LogP contribution in [0.25, 0.3) is 0 Å². The van der Waals surface area contributed by atoms with Crippen molar-refractivity contribution in [3.05, 3.63) is 0 Å². The summed E-state index contributed by atoms with van der Waals surface area (Å²) in [4.78, 5) is 4.18. The molecular weight excluding hydrogens is 136 g/mol. The van der Waals surface area contributed by atoms with Crippen molar-refractivity contribution in [3.63, 3.8) is 0 Å². The van der Waals surface area contributed by atoms with E-state index in [-0.39, 0.29) is 0 Å². The van der Waals surface area contributed by atoms with Crippen molar-refractivity contribution in [1.29, 1.82) is 0 Å². The molecule has 0 saturated carbocycles. The van der Waals surface area contributed by atoms with Gasteiger partial charge >= 0.3 is 0 Å². The van der Waals surface area contributed by atoms with Crippen LogP contribution in [0.5, 0.6) is 0 Å². The van der Waals surface area contributed by atoms with Gasteiger partial charge in [-0.2, -0.15) is 0 Å². The summed E-state index contributed by atoms with van der Waals surface area (Å²) in [7, 11) is 2.01. The van der Waals surface area contributed by atoms with E-state index in [1.807, 2.05) is 7.05 Å². The predicted molar refractivity (Wildman–Crippen MR) is 49.2 cm³/mol. The molecule has 1 atom stereocenters. The van der Waals surface area contributed by atoms with E-state index in [4.69, 9.17) is 0 Å². The highest BCUT2D eigenvalue weighted by Crippen LogP contribution is 2.29. The van der Waals surface area contributed by atoms with Gasteiger partial charge < -0.3 is 5.32 Å². The lowest BCUT2D eigenvalue weighted by Crippen LogP contribution is -2.43. The van der Waals surface area contributed by atoms with Gasteiger partial charge in [-0.25, -0.2) is 0 Å². The molecule has 0 amide bonds. The van der Waals surface area contributed by atoms with E-state index in [0.29, 0.717) is 5.41 Å². The van der Waals surface area contributed by atoms with Crippen molar-refractivity contribution in [2.45, 2.75) is 20.3 Å². The molecule has 0 bridgehead atoms. The number of rotatable bonds is 4. The van der Waals surface area contributed by atoms with Crippen molar-refractivity contribution < 1.29 is 0 Å². The first kappa shape index (κ1) is 8.72. The Kier molecular flexibility index (Phi) is 2.66. The Morgan fingerprint density at radius 1 is 1.64 bits per heavy atom. The summed E-state index contributed by atoms with van der Waals surface area (Å²) in [6, 6.07) is 0. The van der Waals surface area contributed by atoms with E-state index in [0.717, 1.165) is 19.0 Å². The van der Waals surface area contributed by atoms with E-state index >= 15 is 0 Å². The molecule has 1 N–H and O–H groups in total. The van der Waals surface area contributed by atoms with E-state index < -0.39 is 0 Å². The summed E-state index contributed by atoms with van der Waals surface area (Å²) in [5.74, 6) is 0.773. The maximum Gasteiger partial charge on any atom is 0.0503 e. The molecule has 64 valence electrons. The van der Waals surface area contributed by atoms with Gasteiger partial charge in [0.05, 0.1) is 6.54 Å². The molecule has 1 heterocycles. The Balaban J connectivity index is 2.41. The summed E-state index contributed by atoms with van der Waals surface area (Å²) in [6.45, 7) is 6.63. The lowest BCUT2D eigenvalue weighted by Gasteiger charge is -2.35. The highest BCUT2D eigenvalue weighted by Gasteiger charge is 2.32. The number of hydrogen-bond donors (Lipinski definition) is 1. The molecule has 0 aliphatic carbocycles. The standard InChI is InChI=1S/C9H18N2/c1-8(2)4-9(5-10-3)6-11-7-9/h6,8,10H,4-5,7H2,1-3H3. The third-order valence-electron chi connectivity index (χ3n) is 2.11. The van der Waals surface area contributed by atoms with Crippen molar-refractivity contribution in [3.8, 4) is 0 Å². The van der Waals surface area contributed by atoms with Crippen molar-refractivity contribution in [2.24, 2.45) is 16.3 Å². The molecule has 0 saturated heterocycles. The lowest BCUT2D eigenvalue weighted by atomic mass is 9.78. The first-order valence-corrected chi connectivity index (χ1v) is 4.34. The van der Waals surface area contributed by atoms with Crippen LogP contribution in [-0.2, 0) is 0 Å². The maximum absolute atomic E-state index is 4.18. The van der Waals surface area contributed by atoms with Gasteiger partial charge in [-0.15, -0.1) is 0 Å². The molecule has 1 unspecified atom stereocenters. The summed E-state index contributed by atoms with van der Waals surface area (Å²) < 4.78 is 0. The zero-order chi connectivity index (χ0) is 8.32. The van der Waals surface area contributed by atoms with E-state index in [1.165, 1.54) is 6.42 Å². The van der Waals surface area contributed by atoms with Crippen LogP contribution in [0.3, 0.4) is 0 Å². The van der Waals surface area contributed by atoms with Gasteiger partial charge in [-0.05, 0) is 19.4 Å². The van der Waals surface area contributed by atoms with Crippen LogP contribution in [0, 0.1) is 11.3 Å². The van der Waals surface area contributed by atoms with Gasteiger partial charge in [-0.1, -0.05) is 13.8 Å². The molecule has 0 radical (unpaired) electrons. The SMILES string of the molecule is CNCC1(CC(C)C)C=NC1. The van der Waals surface area contributed by atoms with Crippen LogP contribution in [0.1, 0.15) is 20.3 Å². The summed E-state index contributed by atoms with van der Waals surface area (Å²) in [6.07, 6.45) is 3.38. The Bertz CT molecular complexity index is 152. The summed E-state index contributed by atoms with van der Waals surface area (Å²) >= 11 is 0. The molecule has 1 rings (SSSR count). The van der Waals surface area contributed by atoms with Gasteiger partial charge in [0.2, 0.25) is 0 Å². The van der Waals surface area contributed by atoms with E-state index in [9.17, 15) is 0 Å². The Morgan fingerprint density at radius 2 is 2.27 bits per heavy atom. The van der Waals surface area contributed by atoms with Crippen LogP contribution in [0.2, 0.25) is 0 Å². The third kappa shape index (κ3) is 2.03. The molecule has 2 nitrogen and oxygen atoms in total. The fourth-order valence-corrected chi connectivity index (χ4v) is 1.81. The fourth-order valence-electron chi connectivity index (χ4n) is 1.81. The van der Waals surface area contributed by atoms with Crippen LogP contribution in [0.4, 0.5) is 0 Å². The molecule has 0 aromatic heterocycles. The first-order chi connectivity index (χ1) is 5.18. The summed E-state index contributed by atoms with van der Waals surface area (Å²) in [5, 5.41) is 3.22. The zero-order valence-electron chi connectivity index (χ0n) is 7.72. The average molecular weight is 154 g/mol. The Labute approximate surface area is 69.1 Å². The van der Waals surface area contributed by atoms with Gasteiger partial charge in [0.15, 0.2) is 0 Å². The van der Waals surface area contributed by atoms with Crippen LogP contribution >= 0.6 is 0 Å². The molecular formula is C9H18N2. The normalized spacial score (nSPS) is 29.1. The number of hydrogen-bond acceptors (Lipinski definition) is 2. The molecule has 0 aromatic rings. The molecule has 11 heavy (non-hydrogen) atoms. The van der Waals surface area contributed by atoms with E-state index in [1.54, 1.807) is 0 Å². The van der Waals surface area contributed by atoms with Gasteiger partial charge in [0, 0.05) is 18.2 Å². The number of aliphatic imine (C=N–C) groups is 1. The van der Waals surface area contributed by atoms with Gasteiger partial charge in [-0.3, -0.25) is 4.99 Å². The van der Waals surface area contributed by atoms with Gasteiger partial charge in [0.25, 0.3) is 0 Å². The van der Waals surface area contributed by atoms with Crippen LogP contribution < -0.4 is 5.32 Å². The molecule has 1 aliphatic rings. The quantitative estimate of drug-likeness (QED) is 0.649. The van der Waals surface area contributed by atoms with Crippen molar-refractivity contribution in [1.82, 2.24) is 5.32 Å². The van der Waals surface area contributed by atoms with Crippen molar-refractivity contribution >= 4 is 6.21 Å². The minimum absolute atomic E-state index is 0.392. The minimum Gasteiger partial charge on any atom is -0.319 e.